The number of ether oxygens (including phenoxy) is 1. The highest BCUT2D eigenvalue weighted by Gasteiger charge is 2.33. The van der Waals surface area contributed by atoms with Crippen LogP contribution in [0.5, 0.6) is 5.75 Å². The van der Waals surface area contributed by atoms with Gasteiger partial charge in [-0.3, -0.25) is 9.69 Å². The van der Waals surface area contributed by atoms with Gasteiger partial charge in [-0.05, 0) is 35.4 Å². The Morgan fingerprint density at radius 1 is 1.21 bits per heavy atom. The first kappa shape index (κ1) is 19.7. The monoisotopic (exact) mass is 394 g/mol. The number of carbonyl (C=O) groups is 2. The van der Waals surface area contributed by atoms with Gasteiger partial charge in [0.2, 0.25) is 5.91 Å². The lowest BCUT2D eigenvalue weighted by molar-refractivity contribution is -0.274. The average Bonchev–Trinajstić information content (AvgIpc) is 2.62. The molecule has 1 aliphatic rings. The number of halogens is 3. The van der Waals surface area contributed by atoms with E-state index in [4.69, 9.17) is 5.11 Å². The molecule has 6 nitrogen and oxygen atoms in total. The normalized spacial score (nSPS) is 17.8. The summed E-state index contributed by atoms with van der Waals surface area (Å²) in [4.78, 5) is 25.4. The van der Waals surface area contributed by atoms with Crippen LogP contribution >= 0.6 is 0 Å². The van der Waals surface area contributed by atoms with Crippen molar-refractivity contribution in [3.63, 3.8) is 0 Å². The maximum atomic E-state index is 12.4. The molecule has 28 heavy (non-hydrogen) atoms. The second-order valence-corrected chi connectivity index (χ2v) is 6.29. The summed E-state index contributed by atoms with van der Waals surface area (Å²) in [5.74, 6) is -1.69. The fraction of sp³-hybridized carbons (Fsp3) is 0.263. The van der Waals surface area contributed by atoms with E-state index in [1.165, 1.54) is 24.3 Å². The Hall–Kier alpha value is -3.07. The van der Waals surface area contributed by atoms with Crippen molar-refractivity contribution in [2.45, 2.75) is 18.9 Å². The van der Waals surface area contributed by atoms with Gasteiger partial charge < -0.3 is 15.2 Å². The largest absolute Gasteiger partial charge is 0.573 e. The number of amides is 1. The fourth-order valence-corrected chi connectivity index (χ4v) is 3.14. The van der Waals surface area contributed by atoms with Gasteiger partial charge in [-0.15, -0.1) is 13.2 Å². The molecule has 0 spiro atoms. The second-order valence-electron chi connectivity index (χ2n) is 6.29. The van der Waals surface area contributed by atoms with Crippen molar-refractivity contribution in [3.05, 3.63) is 65.2 Å². The summed E-state index contributed by atoms with van der Waals surface area (Å²) in [6.07, 6.45) is -4.79. The minimum absolute atomic E-state index is 0.143. The predicted molar refractivity (Wildman–Crippen MR) is 92.7 cm³/mol. The molecule has 0 aromatic heterocycles. The molecule has 2 aromatic rings. The Kier molecular flexibility index (Phi) is 5.55. The number of nitrogens with one attached hydrogen (secondary N) is 1. The van der Waals surface area contributed by atoms with Gasteiger partial charge in [0.15, 0.2) is 0 Å². The van der Waals surface area contributed by atoms with Crippen LogP contribution < -0.4 is 10.1 Å². The zero-order valence-corrected chi connectivity index (χ0v) is 14.6. The van der Waals surface area contributed by atoms with E-state index in [1.807, 2.05) is 4.90 Å². The number of carboxylic acid groups (broad SMARTS) is 1. The van der Waals surface area contributed by atoms with Crippen LogP contribution in [0, 0.1) is 0 Å². The molecule has 148 valence electrons. The van der Waals surface area contributed by atoms with E-state index in [2.05, 4.69) is 10.1 Å². The van der Waals surface area contributed by atoms with Gasteiger partial charge in [0.1, 0.15) is 11.8 Å². The predicted octanol–water partition coefficient (Wildman–Crippen LogP) is 2.96. The molecule has 0 aliphatic carbocycles. The Balaban J connectivity index is 1.82. The lowest BCUT2D eigenvalue weighted by atomic mass is 10.0. The third-order valence-corrected chi connectivity index (χ3v) is 4.30. The molecule has 0 radical (unpaired) electrons. The van der Waals surface area contributed by atoms with E-state index in [9.17, 15) is 22.8 Å². The van der Waals surface area contributed by atoms with Gasteiger partial charge in [-0.2, -0.15) is 0 Å². The highest BCUT2D eigenvalue weighted by molar-refractivity contribution is 5.87. The lowest BCUT2D eigenvalue weighted by Gasteiger charge is -2.35. The fourth-order valence-electron chi connectivity index (χ4n) is 3.14. The van der Waals surface area contributed by atoms with Crippen molar-refractivity contribution in [1.29, 1.82) is 0 Å². The maximum absolute atomic E-state index is 12.4. The zero-order valence-electron chi connectivity index (χ0n) is 14.6. The number of carboxylic acids is 1. The van der Waals surface area contributed by atoms with Crippen molar-refractivity contribution in [1.82, 2.24) is 10.2 Å². The summed E-state index contributed by atoms with van der Waals surface area (Å²) >= 11 is 0. The summed E-state index contributed by atoms with van der Waals surface area (Å²) in [5.41, 5.74) is 1.38. The minimum Gasteiger partial charge on any atom is -0.478 e. The van der Waals surface area contributed by atoms with Gasteiger partial charge in [0.05, 0.1) is 5.56 Å². The highest BCUT2D eigenvalue weighted by Crippen LogP contribution is 2.29. The topological polar surface area (TPSA) is 78.9 Å². The number of nitrogens with zero attached hydrogens (tertiary/aromatic N) is 1. The van der Waals surface area contributed by atoms with Crippen molar-refractivity contribution < 1.29 is 32.6 Å². The van der Waals surface area contributed by atoms with Gasteiger partial charge in [0.25, 0.3) is 0 Å². The van der Waals surface area contributed by atoms with Crippen LogP contribution in [-0.2, 0) is 11.3 Å². The van der Waals surface area contributed by atoms with Crippen LogP contribution in [0.1, 0.15) is 27.5 Å². The van der Waals surface area contributed by atoms with Crippen LogP contribution in [0.2, 0.25) is 0 Å². The van der Waals surface area contributed by atoms with Crippen LogP contribution in [-0.4, -0.2) is 41.3 Å². The molecule has 3 rings (SSSR count). The number of rotatable bonds is 5. The van der Waals surface area contributed by atoms with Gasteiger partial charge in [-0.25, -0.2) is 4.79 Å². The highest BCUT2D eigenvalue weighted by atomic mass is 19.4. The number of benzene rings is 2. The van der Waals surface area contributed by atoms with Crippen molar-refractivity contribution in [3.8, 4) is 5.75 Å². The molecule has 1 heterocycles. The minimum atomic E-state index is -4.79. The van der Waals surface area contributed by atoms with Gasteiger partial charge in [0, 0.05) is 19.6 Å². The number of carbonyl (C=O) groups excluding carboxylic acids is 1. The molecule has 0 saturated carbocycles. The number of hydrogen-bond acceptors (Lipinski definition) is 4. The summed E-state index contributed by atoms with van der Waals surface area (Å²) < 4.78 is 40.8. The summed E-state index contributed by atoms with van der Waals surface area (Å²) in [7, 11) is 0. The Bertz CT molecular complexity index is 868. The molecule has 1 atom stereocenters. The number of hydrogen-bond donors (Lipinski definition) is 2. The molecular weight excluding hydrogens is 377 g/mol. The number of aromatic carboxylic acids is 1. The third kappa shape index (κ3) is 4.80. The first-order valence-corrected chi connectivity index (χ1v) is 8.42. The van der Waals surface area contributed by atoms with Crippen molar-refractivity contribution in [2.75, 3.05) is 13.1 Å². The van der Waals surface area contributed by atoms with Gasteiger partial charge in [-0.1, -0.05) is 24.3 Å². The zero-order chi connectivity index (χ0) is 20.3. The molecule has 1 unspecified atom stereocenters. The quantitative estimate of drug-likeness (QED) is 0.815. The SMILES string of the molecule is O=C(O)c1cccc(CN2CCNC(=O)C2c2ccc(OC(F)(F)F)cc2)c1. The molecule has 2 N–H and O–H groups in total. The molecule has 1 aliphatic heterocycles. The van der Waals surface area contributed by atoms with Crippen molar-refractivity contribution >= 4 is 11.9 Å². The van der Waals surface area contributed by atoms with Crippen LogP contribution in [0.25, 0.3) is 0 Å². The molecule has 0 bridgehead atoms. The maximum Gasteiger partial charge on any atom is 0.573 e. The number of piperazine rings is 1. The molecule has 1 fully saturated rings. The Morgan fingerprint density at radius 2 is 1.93 bits per heavy atom. The van der Waals surface area contributed by atoms with E-state index in [-0.39, 0.29) is 17.2 Å². The number of alkyl halides is 3. The van der Waals surface area contributed by atoms with E-state index in [1.54, 1.807) is 12.1 Å². The smallest absolute Gasteiger partial charge is 0.478 e. The Labute approximate surface area is 158 Å². The summed E-state index contributed by atoms with van der Waals surface area (Å²) in [6, 6.07) is 10.8. The molecule has 1 amide bonds. The lowest BCUT2D eigenvalue weighted by Crippen LogP contribution is -2.49. The average molecular weight is 394 g/mol. The second kappa shape index (κ2) is 7.89. The van der Waals surface area contributed by atoms with Crippen LogP contribution in [0.15, 0.2) is 48.5 Å². The van der Waals surface area contributed by atoms with E-state index in [0.29, 0.717) is 25.2 Å². The first-order chi connectivity index (χ1) is 13.2. The molecule has 1 saturated heterocycles. The third-order valence-electron chi connectivity index (χ3n) is 4.30. The van der Waals surface area contributed by atoms with E-state index in [0.717, 1.165) is 17.7 Å². The van der Waals surface area contributed by atoms with Crippen LogP contribution in [0.3, 0.4) is 0 Å². The van der Waals surface area contributed by atoms with Crippen molar-refractivity contribution in [2.24, 2.45) is 0 Å². The van der Waals surface area contributed by atoms with E-state index < -0.39 is 18.4 Å². The first-order valence-electron chi connectivity index (χ1n) is 8.42. The summed E-state index contributed by atoms with van der Waals surface area (Å²) in [5, 5.41) is 11.9. The Morgan fingerprint density at radius 3 is 2.57 bits per heavy atom. The standard InChI is InChI=1S/C19H17F3N2O4/c20-19(21,22)28-15-6-4-13(5-7-15)16-17(25)23-8-9-24(16)11-12-2-1-3-14(10-12)18(26)27/h1-7,10,16H,8-9,11H2,(H,23,25)(H,26,27). The van der Waals surface area contributed by atoms with Gasteiger partial charge >= 0.3 is 12.3 Å². The molecular formula is C19H17F3N2O4. The molecule has 9 heteroatoms. The summed E-state index contributed by atoms with van der Waals surface area (Å²) in [6.45, 7) is 1.25. The molecule has 2 aromatic carbocycles. The van der Waals surface area contributed by atoms with Crippen LogP contribution in [0.4, 0.5) is 13.2 Å². The van der Waals surface area contributed by atoms with E-state index >= 15 is 0 Å².